The van der Waals surface area contributed by atoms with E-state index in [1.807, 2.05) is 12.1 Å². The van der Waals surface area contributed by atoms with Gasteiger partial charge in [0.15, 0.2) is 11.4 Å². The van der Waals surface area contributed by atoms with E-state index in [0.717, 1.165) is 16.8 Å². The van der Waals surface area contributed by atoms with Crippen LogP contribution >= 0.6 is 11.6 Å². The number of nitrogens with two attached hydrogens (primary N) is 1. The highest BCUT2D eigenvalue weighted by Crippen LogP contribution is 2.39. The molecule has 1 aliphatic heterocycles. The molecule has 4 rings (SSSR count). The van der Waals surface area contributed by atoms with Gasteiger partial charge in [-0.05, 0) is 55.0 Å². The zero-order valence-electron chi connectivity index (χ0n) is 16.1. The van der Waals surface area contributed by atoms with Crippen LogP contribution in [0.2, 0.25) is 5.02 Å². The van der Waals surface area contributed by atoms with Gasteiger partial charge in [0.25, 0.3) is 5.91 Å². The largest absolute Gasteiger partial charge is 0.375 e. The number of nitrogens with zero attached hydrogens (tertiary/aromatic N) is 2. The molecular weight excluding hydrogens is 390 g/mol. The zero-order chi connectivity index (χ0) is 20.6. The first-order valence-corrected chi connectivity index (χ1v) is 10.3. The number of aryl methyl sites for hydroxylation is 2. The highest BCUT2D eigenvalue weighted by Gasteiger charge is 2.50. The predicted octanol–water partition coefficient (Wildman–Crippen LogP) is 2.13. The van der Waals surface area contributed by atoms with Gasteiger partial charge in [-0.3, -0.25) is 14.6 Å². The number of hydrogen-bond donors (Lipinski definition) is 2. The zero-order valence-corrected chi connectivity index (χ0v) is 16.9. The number of halogens is 1. The topological polar surface area (TPSA) is 96.5 Å². The molecule has 2 aromatic rings. The molecule has 1 aliphatic carbocycles. The number of carbonyl (C=O) groups excluding carboxylic acids is 2. The molecular formula is C22H24ClN3O3. The molecule has 2 atom stereocenters. The van der Waals surface area contributed by atoms with E-state index in [1.165, 1.54) is 4.90 Å². The number of benzene rings is 1. The van der Waals surface area contributed by atoms with Crippen molar-refractivity contribution in [3.8, 4) is 0 Å². The van der Waals surface area contributed by atoms with Gasteiger partial charge in [-0.15, -0.1) is 0 Å². The molecule has 1 aromatic heterocycles. The first-order chi connectivity index (χ1) is 13.9. The van der Waals surface area contributed by atoms with E-state index in [-0.39, 0.29) is 11.7 Å². The number of aromatic nitrogens is 1. The summed E-state index contributed by atoms with van der Waals surface area (Å²) >= 11 is 6.07. The van der Waals surface area contributed by atoms with Gasteiger partial charge in [0.1, 0.15) is 0 Å². The molecule has 29 heavy (non-hydrogen) atoms. The SMILES string of the molecule is NCc1ccc(Cl)cc1CCC(=O)[C@@H]1CCN1C(=O)C1(O)CCc2ncccc21. The summed E-state index contributed by atoms with van der Waals surface area (Å²) in [4.78, 5) is 31.7. The van der Waals surface area contributed by atoms with Crippen molar-refractivity contribution in [2.24, 2.45) is 5.73 Å². The van der Waals surface area contributed by atoms with E-state index in [0.29, 0.717) is 55.8 Å². The normalized spacial score (nSPS) is 22.9. The van der Waals surface area contributed by atoms with E-state index in [1.54, 1.807) is 24.4 Å². The molecule has 0 spiro atoms. The highest BCUT2D eigenvalue weighted by molar-refractivity contribution is 6.30. The van der Waals surface area contributed by atoms with Crippen LogP contribution in [0, 0.1) is 0 Å². The number of fused-ring (bicyclic) bond motifs is 1. The number of amides is 1. The van der Waals surface area contributed by atoms with E-state index >= 15 is 0 Å². The van der Waals surface area contributed by atoms with Crippen LogP contribution < -0.4 is 5.73 Å². The lowest BCUT2D eigenvalue weighted by Gasteiger charge is -2.43. The molecule has 0 bridgehead atoms. The third kappa shape index (κ3) is 3.56. The molecule has 2 aliphatic rings. The fourth-order valence-electron chi connectivity index (χ4n) is 4.32. The van der Waals surface area contributed by atoms with Crippen LogP contribution in [-0.2, 0) is 34.6 Å². The van der Waals surface area contributed by atoms with Crippen molar-refractivity contribution in [1.29, 1.82) is 0 Å². The highest BCUT2D eigenvalue weighted by atomic mass is 35.5. The second-order valence-electron chi connectivity index (χ2n) is 7.74. The maximum absolute atomic E-state index is 13.1. The van der Waals surface area contributed by atoms with Gasteiger partial charge in [-0.25, -0.2) is 0 Å². The van der Waals surface area contributed by atoms with Crippen LogP contribution in [0.3, 0.4) is 0 Å². The van der Waals surface area contributed by atoms with Crippen molar-refractivity contribution in [3.05, 3.63) is 63.9 Å². The number of carbonyl (C=O) groups is 2. The molecule has 1 amide bonds. The number of hydrogen-bond acceptors (Lipinski definition) is 5. The Bertz CT molecular complexity index is 964. The Kier molecular flexibility index (Phi) is 5.42. The van der Waals surface area contributed by atoms with Gasteiger partial charge in [-0.2, -0.15) is 0 Å². The number of likely N-dealkylation sites (tertiary alicyclic amines) is 1. The van der Waals surface area contributed by atoms with Crippen LogP contribution in [0.1, 0.15) is 41.6 Å². The lowest BCUT2D eigenvalue weighted by molar-refractivity contribution is -0.163. The summed E-state index contributed by atoms with van der Waals surface area (Å²) in [6.07, 6.45) is 3.98. The van der Waals surface area contributed by atoms with Gasteiger partial charge in [0, 0.05) is 42.0 Å². The molecule has 1 unspecified atom stereocenters. The summed E-state index contributed by atoms with van der Waals surface area (Å²) in [6, 6.07) is 8.50. The molecule has 3 N–H and O–H groups in total. The Morgan fingerprint density at radius 1 is 1.31 bits per heavy atom. The second kappa shape index (κ2) is 7.86. The number of Topliss-reactive ketones (excluding diaryl/α,β-unsaturated/α-hetero) is 1. The minimum atomic E-state index is -1.58. The summed E-state index contributed by atoms with van der Waals surface area (Å²) in [6.45, 7) is 0.869. The predicted molar refractivity (Wildman–Crippen MR) is 109 cm³/mol. The fraction of sp³-hybridized carbons (Fsp3) is 0.409. The second-order valence-corrected chi connectivity index (χ2v) is 8.18. The number of pyridine rings is 1. The summed E-state index contributed by atoms with van der Waals surface area (Å²) in [5, 5.41) is 11.7. The average Bonchev–Trinajstić information content (AvgIpc) is 3.04. The van der Waals surface area contributed by atoms with Crippen molar-refractivity contribution < 1.29 is 14.7 Å². The summed E-state index contributed by atoms with van der Waals surface area (Å²) in [5.41, 5.74) is 7.43. The van der Waals surface area contributed by atoms with E-state index in [4.69, 9.17) is 17.3 Å². The summed E-state index contributed by atoms with van der Waals surface area (Å²) in [5.74, 6) is -0.389. The minimum absolute atomic E-state index is 0.000513. The first kappa shape index (κ1) is 20.0. The van der Waals surface area contributed by atoms with Crippen molar-refractivity contribution in [2.75, 3.05) is 6.54 Å². The van der Waals surface area contributed by atoms with Gasteiger partial charge < -0.3 is 15.7 Å². The number of ketones is 1. The Balaban J connectivity index is 1.44. The maximum atomic E-state index is 13.1. The fourth-order valence-corrected chi connectivity index (χ4v) is 4.52. The van der Waals surface area contributed by atoms with Gasteiger partial charge in [-0.1, -0.05) is 23.7 Å². The molecule has 1 fully saturated rings. The summed E-state index contributed by atoms with van der Waals surface area (Å²) < 4.78 is 0. The Morgan fingerprint density at radius 3 is 2.86 bits per heavy atom. The van der Waals surface area contributed by atoms with E-state index in [9.17, 15) is 14.7 Å². The smallest absolute Gasteiger partial charge is 0.259 e. The molecule has 152 valence electrons. The Hall–Kier alpha value is -2.28. The summed E-state index contributed by atoms with van der Waals surface area (Å²) in [7, 11) is 0. The van der Waals surface area contributed by atoms with Crippen LogP contribution in [0.4, 0.5) is 0 Å². The number of rotatable bonds is 6. The lowest BCUT2D eigenvalue weighted by atomic mass is 9.88. The van der Waals surface area contributed by atoms with Gasteiger partial charge in [0.2, 0.25) is 0 Å². The maximum Gasteiger partial charge on any atom is 0.259 e. The van der Waals surface area contributed by atoms with Crippen molar-refractivity contribution >= 4 is 23.3 Å². The quantitative estimate of drug-likeness (QED) is 0.756. The molecule has 7 heteroatoms. The number of aliphatic hydroxyl groups is 1. The van der Waals surface area contributed by atoms with Crippen molar-refractivity contribution in [3.63, 3.8) is 0 Å². The molecule has 1 aromatic carbocycles. The van der Waals surface area contributed by atoms with Crippen LogP contribution in [0.25, 0.3) is 0 Å². The van der Waals surface area contributed by atoms with Gasteiger partial charge in [0.05, 0.1) is 6.04 Å². The van der Waals surface area contributed by atoms with E-state index < -0.39 is 11.6 Å². The molecule has 1 saturated heterocycles. The third-order valence-corrected chi connectivity index (χ3v) is 6.33. The first-order valence-electron chi connectivity index (χ1n) is 9.92. The Morgan fingerprint density at radius 2 is 2.14 bits per heavy atom. The van der Waals surface area contributed by atoms with Crippen LogP contribution in [0.15, 0.2) is 36.5 Å². The van der Waals surface area contributed by atoms with Crippen molar-refractivity contribution in [1.82, 2.24) is 9.88 Å². The molecule has 6 nitrogen and oxygen atoms in total. The monoisotopic (exact) mass is 413 g/mol. The molecule has 0 saturated carbocycles. The van der Waals surface area contributed by atoms with E-state index in [2.05, 4.69) is 4.98 Å². The van der Waals surface area contributed by atoms with Crippen LogP contribution in [-0.4, -0.2) is 39.3 Å². The minimum Gasteiger partial charge on any atom is -0.375 e. The Labute approximate surface area is 174 Å². The lowest BCUT2D eigenvalue weighted by Crippen LogP contribution is -2.60. The van der Waals surface area contributed by atoms with Crippen LogP contribution in [0.5, 0.6) is 0 Å². The average molecular weight is 414 g/mol. The molecule has 0 radical (unpaired) electrons. The van der Waals surface area contributed by atoms with Crippen molar-refractivity contribution in [2.45, 2.75) is 50.3 Å². The standard InChI is InChI=1S/C22H24ClN3O3/c23-16-5-3-15(13-24)14(12-16)4-6-20(27)19-8-11-26(19)21(28)22(29)9-7-18-17(22)2-1-10-25-18/h1-3,5,10,12,19,29H,4,6-9,11,13,24H2/t19-,22?/m0/s1. The molecule has 2 heterocycles. The third-order valence-electron chi connectivity index (χ3n) is 6.09. The van der Waals surface area contributed by atoms with Gasteiger partial charge >= 0.3 is 0 Å².